The van der Waals surface area contributed by atoms with Gasteiger partial charge in [-0.1, -0.05) is 24.6 Å². The van der Waals surface area contributed by atoms with Crippen molar-refractivity contribution in [2.75, 3.05) is 6.61 Å². The summed E-state index contributed by atoms with van der Waals surface area (Å²) in [7, 11) is 0. The second-order valence-electron chi connectivity index (χ2n) is 3.65. The largest absolute Gasteiger partial charge is 0.396 e. The minimum absolute atomic E-state index is 0.0377. The molecule has 1 aromatic carbocycles. The Morgan fingerprint density at radius 1 is 1.56 bits per heavy atom. The van der Waals surface area contributed by atoms with E-state index in [-0.39, 0.29) is 11.6 Å². The predicted octanol–water partition coefficient (Wildman–Crippen LogP) is 3.03. The minimum Gasteiger partial charge on any atom is -0.396 e. The second kappa shape index (κ2) is 5.29. The van der Waals surface area contributed by atoms with Gasteiger partial charge in [0.2, 0.25) is 0 Å². The third-order valence-electron chi connectivity index (χ3n) is 2.83. The van der Waals surface area contributed by atoms with Crippen molar-refractivity contribution in [3.05, 3.63) is 34.6 Å². The smallest absolute Gasteiger partial charge is 0.142 e. The summed E-state index contributed by atoms with van der Waals surface area (Å²) < 4.78 is 13.3. The number of aliphatic hydroxyl groups excluding tert-OH is 1. The van der Waals surface area contributed by atoms with Crippen molar-refractivity contribution in [2.45, 2.75) is 25.2 Å². The summed E-state index contributed by atoms with van der Waals surface area (Å²) in [5.41, 5.74) is -0.270. The SMILES string of the molecule is CCC(C#N)(CCO)c1ccc(Cl)c(F)c1. The van der Waals surface area contributed by atoms with E-state index in [2.05, 4.69) is 6.07 Å². The highest BCUT2D eigenvalue weighted by atomic mass is 35.5. The number of halogens is 2. The molecule has 0 aliphatic heterocycles. The van der Waals surface area contributed by atoms with Crippen LogP contribution in [0.2, 0.25) is 5.02 Å². The quantitative estimate of drug-likeness (QED) is 0.881. The van der Waals surface area contributed by atoms with Crippen molar-refractivity contribution in [3.8, 4) is 6.07 Å². The fraction of sp³-hybridized carbons (Fsp3) is 0.417. The van der Waals surface area contributed by atoms with Crippen molar-refractivity contribution in [2.24, 2.45) is 0 Å². The van der Waals surface area contributed by atoms with Crippen LogP contribution in [0.3, 0.4) is 0 Å². The molecule has 16 heavy (non-hydrogen) atoms. The third-order valence-corrected chi connectivity index (χ3v) is 3.13. The molecule has 4 heteroatoms. The number of hydrogen-bond acceptors (Lipinski definition) is 2. The molecule has 1 unspecified atom stereocenters. The van der Waals surface area contributed by atoms with Gasteiger partial charge < -0.3 is 5.11 Å². The lowest BCUT2D eigenvalue weighted by Crippen LogP contribution is -2.24. The lowest BCUT2D eigenvalue weighted by molar-refractivity contribution is 0.255. The molecule has 2 nitrogen and oxygen atoms in total. The fourth-order valence-electron chi connectivity index (χ4n) is 1.71. The Bertz CT molecular complexity index is 416. The molecular formula is C12H13ClFNO. The molecule has 0 aromatic heterocycles. The van der Waals surface area contributed by atoms with Crippen LogP contribution in [0, 0.1) is 17.1 Å². The van der Waals surface area contributed by atoms with Crippen LogP contribution in [-0.2, 0) is 5.41 Å². The standard InChI is InChI=1S/C12H13ClFNO/c1-2-12(8-15,5-6-16)9-3-4-10(13)11(14)7-9/h3-4,7,16H,2,5-6H2,1H3. The van der Waals surface area contributed by atoms with E-state index < -0.39 is 11.2 Å². The summed E-state index contributed by atoms with van der Waals surface area (Å²) in [6, 6.07) is 6.50. The van der Waals surface area contributed by atoms with E-state index in [1.807, 2.05) is 6.92 Å². The lowest BCUT2D eigenvalue weighted by atomic mass is 9.77. The van der Waals surface area contributed by atoms with Gasteiger partial charge in [0.1, 0.15) is 5.82 Å². The van der Waals surface area contributed by atoms with Gasteiger partial charge in [-0.05, 0) is 30.5 Å². The molecule has 86 valence electrons. The van der Waals surface area contributed by atoms with Crippen LogP contribution in [0.15, 0.2) is 18.2 Å². The van der Waals surface area contributed by atoms with Crippen LogP contribution in [-0.4, -0.2) is 11.7 Å². The summed E-state index contributed by atoms with van der Waals surface area (Å²) >= 11 is 5.59. The van der Waals surface area contributed by atoms with Crippen LogP contribution in [0.5, 0.6) is 0 Å². The average molecular weight is 242 g/mol. The molecular weight excluding hydrogens is 229 g/mol. The maximum atomic E-state index is 13.3. The van der Waals surface area contributed by atoms with Crippen molar-refractivity contribution in [1.82, 2.24) is 0 Å². The van der Waals surface area contributed by atoms with E-state index in [1.165, 1.54) is 12.1 Å². The van der Waals surface area contributed by atoms with Gasteiger partial charge >= 0.3 is 0 Å². The van der Waals surface area contributed by atoms with Crippen molar-refractivity contribution in [3.63, 3.8) is 0 Å². The zero-order chi connectivity index (χ0) is 12.2. The molecule has 0 saturated carbocycles. The topological polar surface area (TPSA) is 44.0 Å². The fourth-order valence-corrected chi connectivity index (χ4v) is 1.83. The van der Waals surface area contributed by atoms with Crippen molar-refractivity contribution >= 4 is 11.6 Å². The van der Waals surface area contributed by atoms with E-state index in [4.69, 9.17) is 16.7 Å². The number of benzene rings is 1. The second-order valence-corrected chi connectivity index (χ2v) is 4.06. The zero-order valence-corrected chi connectivity index (χ0v) is 9.76. The molecule has 0 heterocycles. The van der Waals surface area contributed by atoms with E-state index >= 15 is 0 Å². The molecule has 0 spiro atoms. The first-order valence-electron chi connectivity index (χ1n) is 5.07. The Labute approximate surface area is 99.3 Å². The summed E-state index contributed by atoms with van der Waals surface area (Å²) in [5.74, 6) is -0.537. The summed E-state index contributed by atoms with van der Waals surface area (Å²) in [6.07, 6.45) is 0.812. The van der Waals surface area contributed by atoms with Gasteiger partial charge in [-0.2, -0.15) is 5.26 Å². The van der Waals surface area contributed by atoms with Crippen molar-refractivity contribution in [1.29, 1.82) is 5.26 Å². The number of nitriles is 1. The molecule has 1 rings (SSSR count). The molecule has 1 atom stereocenters. The minimum atomic E-state index is -0.833. The molecule has 1 N–H and O–H groups in total. The predicted molar refractivity (Wildman–Crippen MR) is 60.7 cm³/mol. The Morgan fingerprint density at radius 3 is 2.69 bits per heavy atom. The molecule has 0 radical (unpaired) electrons. The van der Waals surface area contributed by atoms with Gasteiger partial charge in [-0.15, -0.1) is 0 Å². The lowest BCUT2D eigenvalue weighted by Gasteiger charge is -2.24. The average Bonchev–Trinajstić information content (AvgIpc) is 2.30. The number of rotatable bonds is 4. The molecule has 1 aromatic rings. The molecule has 0 bridgehead atoms. The highest BCUT2D eigenvalue weighted by Crippen LogP contribution is 2.32. The van der Waals surface area contributed by atoms with Gasteiger partial charge in [-0.25, -0.2) is 4.39 Å². The first-order valence-corrected chi connectivity index (χ1v) is 5.45. The van der Waals surface area contributed by atoms with Gasteiger partial charge in [0, 0.05) is 6.61 Å². The van der Waals surface area contributed by atoms with Crippen LogP contribution in [0.4, 0.5) is 4.39 Å². The third kappa shape index (κ3) is 2.34. The maximum absolute atomic E-state index is 13.3. The maximum Gasteiger partial charge on any atom is 0.142 e. The molecule has 0 amide bonds. The summed E-state index contributed by atoms with van der Waals surface area (Å²) in [4.78, 5) is 0. The van der Waals surface area contributed by atoms with Gasteiger partial charge in [0.15, 0.2) is 0 Å². The first-order chi connectivity index (χ1) is 7.59. The number of hydrogen-bond donors (Lipinski definition) is 1. The van der Waals surface area contributed by atoms with Crippen LogP contribution in [0.1, 0.15) is 25.3 Å². The normalized spacial score (nSPS) is 14.2. The first kappa shape index (κ1) is 13.0. The molecule has 0 aliphatic carbocycles. The molecule has 0 fully saturated rings. The van der Waals surface area contributed by atoms with E-state index in [9.17, 15) is 9.65 Å². The van der Waals surface area contributed by atoms with Crippen LogP contribution in [0.25, 0.3) is 0 Å². The van der Waals surface area contributed by atoms with Gasteiger partial charge in [0.05, 0.1) is 16.5 Å². The monoisotopic (exact) mass is 241 g/mol. The number of nitrogens with zero attached hydrogens (tertiary/aromatic N) is 1. The van der Waals surface area contributed by atoms with E-state index in [1.54, 1.807) is 6.07 Å². The molecule has 0 saturated heterocycles. The van der Waals surface area contributed by atoms with Crippen LogP contribution >= 0.6 is 11.6 Å². The summed E-state index contributed by atoms with van der Waals surface area (Å²) in [5, 5.41) is 18.2. The summed E-state index contributed by atoms with van der Waals surface area (Å²) in [6.45, 7) is 1.73. The highest BCUT2D eigenvalue weighted by molar-refractivity contribution is 6.30. The zero-order valence-electron chi connectivity index (χ0n) is 9.00. The highest BCUT2D eigenvalue weighted by Gasteiger charge is 2.30. The Balaban J connectivity index is 3.21. The Hall–Kier alpha value is -1.11. The van der Waals surface area contributed by atoms with Gasteiger partial charge in [-0.3, -0.25) is 0 Å². The Morgan fingerprint density at radius 2 is 2.25 bits per heavy atom. The van der Waals surface area contributed by atoms with E-state index in [0.717, 1.165) is 0 Å². The van der Waals surface area contributed by atoms with Crippen molar-refractivity contribution < 1.29 is 9.50 Å². The van der Waals surface area contributed by atoms with E-state index in [0.29, 0.717) is 18.4 Å². The molecule has 0 aliphatic rings. The number of aliphatic hydroxyl groups is 1. The van der Waals surface area contributed by atoms with Gasteiger partial charge in [0.25, 0.3) is 0 Å². The Kier molecular flexibility index (Phi) is 4.28. The van der Waals surface area contributed by atoms with Crippen LogP contribution < -0.4 is 0 Å².